The number of carbonyl (C=O) groups excluding carboxylic acids is 4. The molecule has 0 aliphatic heterocycles. The number of hydrogen-bond donors (Lipinski definition) is 2. The van der Waals surface area contributed by atoms with Crippen molar-refractivity contribution in [1.82, 2.24) is 10.2 Å². The van der Waals surface area contributed by atoms with E-state index in [4.69, 9.17) is 47.5 Å². The van der Waals surface area contributed by atoms with Gasteiger partial charge < -0.3 is 29.7 Å². The Labute approximate surface area is 349 Å². The van der Waals surface area contributed by atoms with E-state index in [1.165, 1.54) is 11.1 Å². The first-order valence-electron chi connectivity index (χ1n) is 16.9. The number of methoxy groups -OCH3 is 1. The summed E-state index contributed by atoms with van der Waals surface area (Å²) in [5.74, 6) is 0.959. The van der Waals surface area contributed by atoms with E-state index in [1.54, 1.807) is 37.3 Å². The van der Waals surface area contributed by atoms with E-state index in [0.29, 0.717) is 38.5 Å². The summed E-state index contributed by atoms with van der Waals surface area (Å²) >= 11 is 18.8. The summed E-state index contributed by atoms with van der Waals surface area (Å²) in [5.41, 5.74) is 4.13. The molecule has 0 saturated carbocycles. The molecule has 55 heavy (non-hydrogen) atoms. The molecule has 0 bridgehead atoms. The highest BCUT2D eigenvalue weighted by Gasteiger charge is 2.18. The number of nitrogens with one attached hydrogen (secondary N) is 2. The number of aryl methyl sites for hydroxylation is 1. The normalized spacial score (nSPS) is 10.7. The van der Waals surface area contributed by atoms with Crippen molar-refractivity contribution >= 4 is 78.9 Å². The zero-order valence-corrected chi connectivity index (χ0v) is 35.6. The number of benzene rings is 4. The van der Waals surface area contributed by atoms with Crippen LogP contribution in [0.5, 0.6) is 11.5 Å². The number of halogens is 4. The van der Waals surface area contributed by atoms with Crippen molar-refractivity contribution in [3.63, 3.8) is 0 Å². The number of nitriles is 1. The lowest BCUT2D eigenvalue weighted by molar-refractivity contribution is -0.191. The van der Waals surface area contributed by atoms with Crippen LogP contribution in [0.3, 0.4) is 0 Å². The first-order valence-corrected chi connectivity index (χ1v) is 19.3. The van der Waals surface area contributed by atoms with Crippen molar-refractivity contribution < 1.29 is 33.4 Å². The van der Waals surface area contributed by atoms with Crippen LogP contribution in [0.25, 0.3) is 0 Å². The number of rotatable bonds is 14. The lowest BCUT2D eigenvalue weighted by atomic mass is 10.1. The molecule has 0 aliphatic carbocycles. The maximum Gasteiger partial charge on any atom is 0.373 e. The van der Waals surface area contributed by atoms with Crippen LogP contribution in [-0.4, -0.2) is 60.6 Å². The molecule has 15 heteroatoms. The molecule has 4 aromatic carbocycles. The molecule has 4 rings (SSSR count). The molecule has 0 saturated heterocycles. The Bertz CT molecular complexity index is 1790. The molecule has 4 aromatic rings. The van der Waals surface area contributed by atoms with Gasteiger partial charge in [-0.15, -0.1) is 28.5 Å². The SMILES string of the molecule is CCC(Cl)CN(Cc1cccc(OC)c1)C(=O)Nc1ccc(Br)cc1.CCOC(=O)C(Cl)CNCc1cccc(C)c1.N#COc1ccc(Br)cc1.O=C=O. The van der Waals surface area contributed by atoms with E-state index < -0.39 is 5.38 Å². The van der Waals surface area contributed by atoms with Gasteiger partial charge in [0.15, 0.2) is 0 Å². The summed E-state index contributed by atoms with van der Waals surface area (Å²) in [6, 6.07) is 30.2. The number of alkyl halides is 2. The van der Waals surface area contributed by atoms with Crippen LogP contribution in [0, 0.1) is 18.4 Å². The molecule has 0 spiro atoms. The molecular formula is C40H44Br2Cl2N4O7. The maximum atomic E-state index is 12.7. The van der Waals surface area contributed by atoms with Gasteiger partial charge in [0.2, 0.25) is 0 Å². The third-order valence-corrected chi connectivity index (χ3v) is 8.84. The Morgan fingerprint density at radius 3 is 2.04 bits per heavy atom. The van der Waals surface area contributed by atoms with E-state index in [9.17, 15) is 9.59 Å². The van der Waals surface area contributed by atoms with Crippen molar-refractivity contribution in [2.45, 2.75) is 51.0 Å². The first-order chi connectivity index (χ1) is 26.4. The van der Waals surface area contributed by atoms with Crippen LogP contribution < -0.4 is 20.1 Å². The van der Waals surface area contributed by atoms with Gasteiger partial charge in [0.1, 0.15) is 16.9 Å². The quantitative estimate of drug-likeness (QED) is 0.0717. The van der Waals surface area contributed by atoms with Crippen LogP contribution in [0.1, 0.15) is 37.0 Å². The molecule has 0 aliphatic rings. The average molecular weight is 924 g/mol. The second-order valence-corrected chi connectivity index (χ2v) is 14.2. The van der Waals surface area contributed by atoms with Crippen molar-refractivity contribution in [3.8, 4) is 17.8 Å². The van der Waals surface area contributed by atoms with Crippen LogP contribution >= 0.6 is 55.1 Å². The van der Waals surface area contributed by atoms with E-state index in [1.807, 2.05) is 92.7 Å². The Kier molecular flexibility index (Phi) is 25.6. The van der Waals surface area contributed by atoms with Crippen LogP contribution in [-0.2, 0) is 32.2 Å². The number of anilines is 1. The van der Waals surface area contributed by atoms with Gasteiger partial charge in [-0.05, 0) is 92.1 Å². The van der Waals surface area contributed by atoms with Gasteiger partial charge in [-0.2, -0.15) is 9.59 Å². The third-order valence-electron chi connectivity index (χ3n) is 7.01. The molecule has 2 atom stereocenters. The minimum Gasteiger partial charge on any atom is -0.497 e. The van der Waals surface area contributed by atoms with Gasteiger partial charge in [-0.3, -0.25) is 4.79 Å². The topological polar surface area (TPSA) is 147 Å². The number of amides is 2. The Morgan fingerprint density at radius 2 is 1.47 bits per heavy atom. The molecule has 2 amide bonds. The molecule has 0 aromatic heterocycles. The second-order valence-electron chi connectivity index (χ2n) is 11.2. The lowest BCUT2D eigenvalue weighted by Crippen LogP contribution is -2.38. The summed E-state index contributed by atoms with van der Waals surface area (Å²) in [6.45, 7) is 8.22. The van der Waals surface area contributed by atoms with Crippen molar-refractivity contribution in [2.24, 2.45) is 0 Å². The Balaban J connectivity index is 0.000000433. The van der Waals surface area contributed by atoms with Gasteiger partial charge >= 0.3 is 18.2 Å². The smallest absolute Gasteiger partial charge is 0.373 e. The standard InChI is InChI=1S/C19H22BrClN2O2.C13H18ClNO2.C7H4BrNO.CO2/c1-3-16(21)13-23(12-14-5-4-6-18(11-14)25-2)19(24)22-17-9-7-15(20)8-10-17;1-3-17-13(16)12(14)9-15-8-11-6-4-5-10(2)7-11;8-6-1-3-7(4-2-6)10-5-9;2-1-3/h4-11,16H,3,12-13H2,1-2H3,(H,22,24);4-7,12,15H,3,8-9H2,1-2H3;1-4H;. The molecule has 2 N–H and O–H groups in total. The molecule has 0 heterocycles. The van der Waals surface area contributed by atoms with Crippen LogP contribution in [0.4, 0.5) is 10.5 Å². The predicted octanol–water partition coefficient (Wildman–Crippen LogP) is 9.49. The van der Waals surface area contributed by atoms with Crippen molar-refractivity contribution in [1.29, 1.82) is 5.26 Å². The highest BCUT2D eigenvalue weighted by atomic mass is 79.9. The van der Waals surface area contributed by atoms with Gasteiger partial charge in [0.05, 0.1) is 19.1 Å². The monoisotopic (exact) mass is 920 g/mol. The number of carbonyl (C=O) groups is 2. The third kappa shape index (κ3) is 21.9. The molecular weight excluding hydrogens is 879 g/mol. The number of esters is 1. The number of ether oxygens (including phenoxy) is 3. The Morgan fingerprint density at radius 1 is 0.873 bits per heavy atom. The molecule has 0 radical (unpaired) electrons. The minimum atomic E-state index is -0.625. The maximum absolute atomic E-state index is 12.7. The van der Waals surface area contributed by atoms with E-state index in [-0.39, 0.29) is 23.5 Å². The summed E-state index contributed by atoms with van der Waals surface area (Å²) in [5, 5.41) is 13.4. The van der Waals surface area contributed by atoms with Gasteiger partial charge in [-0.25, -0.2) is 4.79 Å². The first kappa shape index (κ1) is 48.6. The highest BCUT2D eigenvalue weighted by molar-refractivity contribution is 9.10. The van der Waals surface area contributed by atoms with Crippen LogP contribution in [0.2, 0.25) is 0 Å². The fourth-order valence-corrected chi connectivity index (χ4v) is 5.22. The number of nitrogens with zero attached hydrogens (tertiary/aromatic N) is 2. The van der Waals surface area contributed by atoms with E-state index in [0.717, 1.165) is 32.4 Å². The van der Waals surface area contributed by atoms with Gasteiger partial charge in [-0.1, -0.05) is 80.7 Å². The highest BCUT2D eigenvalue weighted by Crippen LogP contribution is 2.19. The van der Waals surface area contributed by atoms with Gasteiger partial charge in [0.25, 0.3) is 6.26 Å². The summed E-state index contributed by atoms with van der Waals surface area (Å²) < 4.78 is 16.6. The molecule has 294 valence electrons. The second kappa shape index (κ2) is 29.0. The summed E-state index contributed by atoms with van der Waals surface area (Å²) in [7, 11) is 1.63. The average Bonchev–Trinajstić information content (AvgIpc) is 3.17. The summed E-state index contributed by atoms with van der Waals surface area (Å²) in [6.07, 6.45) is 2.63. The predicted molar refractivity (Wildman–Crippen MR) is 221 cm³/mol. The lowest BCUT2D eigenvalue weighted by Gasteiger charge is -2.25. The van der Waals surface area contributed by atoms with Crippen molar-refractivity contribution in [2.75, 3.05) is 32.1 Å². The molecule has 0 fully saturated rings. The summed E-state index contributed by atoms with van der Waals surface area (Å²) in [4.78, 5) is 41.9. The van der Waals surface area contributed by atoms with E-state index in [2.05, 4.69) is 53.3 Å². The number of hydrogen-bond acceptors (Lipinski definition) is 9. The van der Waals surface area contributed by atoms with Gasteiger partial charge in [0, 0.05) is 40.8 Å². The number of urea groups is 1. The fourth-order valence-electron chi connectivity index (χ4n) is 4.35. The van der Waals surface area contributed by atoms with Crippen LogP contribution in [0.15, 0.2) is 106 Å². The van der Waals surface area contributed by atoms with Crippen molar-refractivity contribution in [3.05, 3.63) is 123 Å². The zero-order valence-electron chi connectivity index (χ0n) is 30.9. The Hall–Kier alpha value is -4.41. The van der Waals surface area contributed by atoms with E-state index >= 15 is 0 Å². The fraction of sp³-hybridized carbons (Fsp3) is 0.300. The largest absolute Gasteiger partial charge is 0.497 e. The minimum absolute atomic E-state index is 0.0960. The zero-order chi connectivity index (χ0) is 41.0. The molecule has 11 nitrogen and oxygen atoms in total. The molecule has 2 unspecified atom stereocenters.